The van der Waals surface area contributed by atoms with E-state index in [-0.39, 0.29) is 82.8 Å². The van der Waals surface area contributed by atoms with E-state index < -0.39 is 266 Å². The first-order valence-corrected chi connectivity index (χ1v) is 39.4. The van der Waals surface area contributed by atoms with E-state index in [1.54, 1.807) is 34.6 Å². The molecule has 0 bridgehead atoms. The summed E-state index contributed by atoms with van der Waals surface area (Å²) < 4.78 is 11.8. The van der Waals surface area contributed by atoms with Crippen molar-refractivity contribution in [1.82, 2.24) is 57.7 Å². The van der Waals surface area contributed by atoms with Crippen LogP contribution in [0.3, 0.4) is 0 Å². The van der Waals surface area contributed by atoms with Crippen LogP contribution in [0.1, 0.15) is 186 Å². The van der Waals surface area contributed by atoms with E-state index in [9.17, 15) is 83.1 Å². The number of carboxylic acid groups (broad SMARTS) is 1. The Balaban J connectivity index is 3.11. The number of piperidine rings is 1. The molecule has 39 nitrogen and oxygen atoms in total. The van der Waals surface area contributed by atoms with Crippen LogP contribution in [0.25, 0.3) is 0 Å². The Hall–Kier alpha value is -8.76. The number of methoxy groups -OCH3 is 1. The molecule has 2 aliphatic heterocycles. The van der Waals surface area contributed by atoms with E-state index in [0.717, 1.165) is 36.8 Å². The summed E-state index contributed by atoms with van der Waals surface area (Å²) in [6, 6.07) is -20.2. The van der Waals surface area contributed by atoms with Crippen LogP contribution >= 0.6 is 0 Å². The number of aliphatic carboxylic acids is 1. The summed E-state index contributed by atoms with van der Waals surface area (Å²) in [7, 11) is 2.31. The highest BCUT2D eigenvalue weighted by atomic mass is 16.5. The van der Waals surface area contributed by atoms with E-state index in [2.05, 4.69) is 54.8 Å². The molecule has 2 aliphatic rings. The standard InChI is InChI=1S/C75H132N16O23/c1-16-37(6)32-38(7)40(9)59(97)43(12)64(101)82-46(21-19-28-76)65(102)81-45(24-26-53(78)93)60(98)61(99)72(109)87-56(41(10)42(11)63(80)100)69(106)89-58-62(39(8)36(4)5)114-75(112)52-23-17-18-30-91(52)74(111)49(33-55(95)96)85-70(107)57(44(13)113-15)88-68(105)51(25-27-54(79)94)90(14)73(110)48(31-35(2)3)84-66(103)47(22-20-29-77)83-67(104)50(34-92)86-71(58)108/h35-52,56-62,92,97-99H,16-34,76-77H2,1-15H3,(H2,78,93)(H2,79,94)(H2,80,100)(H,81,102)(H,82,101)(H,83,104)(H,84,103)(H,85,107)(H,86,108)(H,87,109)(H,88,105)(H,89,106)(H,95,96)/t37-,38-,39-,40-,41+,42-,43-,44-,45+,46-,47-,48+,49-,50-,51+,52+,56+,57+,58-,59-,60-,61-,62-/m1/s1. The highest BCUT2D eigenvalue weighted by Gasteiger charge is 2.48. The van der Waals surface area contributed by atoms with Crippen LogP contribution < -0.4 is 76.5 Å². The molecule has 2 saturated heterocycles. The Bertz CT molecular complexity index is 3260. The van der Waals surface area contributed by atoms with Crippen molar-refractivity contribution in [3.63, 3.8) is 0 Å². The molecule has 23 atom stereocenters. The van der Waals surface area contributed by atoms with Gasteiger partial charge in [0.15, 0.2) is 6.10 Å². The highest BCUT2D eigenvalue weighted by Crippen LogP contribution is 2.30. The van der Waals surface area contributed by atoms with Gasteiger partial charge in [0.2, 0.25) is 76.8 Å². The molecule has 650 valence electrons. The fourth-order valence-corrected chi connectivity index (χ4v) is 13.5. The van der Waals surface area contributed by atoms with Crippen LogP contribution in [0.15, 0.2) is 0 Å². The van der Waals surface area contributed by atoms with Gasteiger partial charge in [-0.05, 0) is 132 Å². The normalized spacial score (nSPS) is 24.6. The number of ether oxygens (including phenoxy) is 2. The van der Waals surface area contributed by atoms with E-state index in [4.69, 9.17) is 38.1 Å². The predicted octanol–water partition coefficient (Wildman–Crippen LogP) is -4.48. The maximum atomic E-state index is 15.6. The van der Waals surface area contributed by atoms with Crippen LogP contribution in [0, 0.1) is 53.3 Å². The average Bonchev–Trinajstić information content (AvgIpc) is 0.829. The zero-order valence-corrected chi connectivity index (χ0v) is 68.7. The molecule has 24 N–H and O–H groups in total. The number of primary amides is 3. The van der Waals surface area contributed by atoms with Gasteiger partial charge in [-0.3, -0.25) is 71.9 Å². The number of amides is 14. The number of fused-ring (bicyclic) bond motifs is 1. The van der Waals surface area contributed by atoms with Crippen molar-refractivity contribution in [3.05, 3.63) is 0 Å². The first-order valence-electron chi connectivity index (χ1n) is 39.4. The Labute approximate surface area is 667 Å². The predicted molar refractivity (Wildman–Crippen MR) is 413 cm³/mol. The Kier molecular flexibility index (Phi) is 43.7. The van der Waals surface area contributed by atoms with Crippen molar-refractivity contribution in [2.24, 2.45) is 81.9 Å². The fraction of sp³-hybridized carbons (Fsp3) is 0.787. The van der Waals surface area contributed by atoms with Crippen LogP contribution in [0.4, 0.5) is 0 Å². The molecule has 0 saturated carbocycles. The third-order valence-corrected chi connectivity index (χ3v) is 22.0. The number of aliphatic hydroxyl groups excluding tert-OH is 4. The van der Waals surface area contributed by atoms with Gasteiger partial charge in [-0.15, -0.1) is 0 Å². The van der Waals surface area contributed by atoms with Crippen LogP contribution in [0.2, 0.25) is 0 Å². The van der Waals surface area contributed by atoms with E-state index in [1.807, 2.05) is 13.8 Å². The number of hydrogen-bond donors (Lipinski definition) is 19. The summed E-state index contributed by atoms with van der Waals surface area (Å²) >= 11 is 0. The molecule has 0 unspecified atom stereocenters. The zero-order valence-electron chi connectivity index (χ0n) is 68.7. The molecule has 0 aromatic heterocycles. The molecule has 0 aliphatic carbocycles. The number of carboxylic acids is 1. The smallest absolute Gasteiger partial charge is 0.329 e. The van der Waals surface area contributed by atoms with E-state index in [0.29, 0.717) is 5.92 Å². The fourth-order valence-electron chi connectivity index (χ4n) is 13.5. The number of nitrogens with two attached hydrogens (primary N) is 5. The number of nitrogens with zero attached hydrogens (tertiary/aromatic N) is 2. The van der Waals surface area contributed by atoms with Gasteiger partial charge in [0, 0.05) is 39.5 Å². The van der Waals surface area contributed by atoms with Gasteiger partial charge in [-0.25, -0.2) is 4.79 Å². The number of carbonyl (C=O) groups is 16. The Morgan fingerprint density at radius 1 is 0.632 bits per heavy atom. The minimum atomic E-state index is -2.69. The number of hydrogen-bond acceptors (Lipinski definition) is 24. The summed E-state index contributed by atoms with van der Waals surface area (Å²) in [5.41, 5.74) is 28.5. The molecule has 0 aromatic carbocycles. The van der Waals surface area contributed by atoms with Crippen molar-refractivity contribution >= 4 is 94.6 Å². The van der Waals surface area contributed by atoms with Gasteiger partial charge in [0.05, 0.1) is 37.2 Å². The minimum Gasteiger partial charge on any atom is -0.481 e. The number of nitrogens with one attached hydrogen (secondary N) is 9. The Morgan fingerprint density at radius 2 is 1.22 bits per heavy atom. The summed E-state index contributed by atoms with van der Waals surface area (Å²) in [6.07, 6.45) is -11.4. The summed E-state index contributed by atoms with van der Waals surface area (Å²) in [6.45, 7) is 19.5. The maximum absolute atomic E-state index is 15.6. The van der Waals surface area contributed by atoms with Crippen molar-refractivity contribution in [2.75, 3.05) is 40.4 Å². The third-order valence-electron chi connectivity index (χ3n) is 22.0. The molecule has 39 heteroatoms. The van der Waals surface area contributed by atoms with Gasteiger partial charge in [-0.1, -0.05) is 89.5 Å². The lowest BCUT2D eigenvalue weighted by atomic mass is 9.79. The topological polar surface area (TPSA) is 638 Å². The first kappa shape index (κ1) is 101. The molecule has 2 heterocycles. The lowest BCUT2D eigenvalue weighted by Gasteiger charge is -2.39. The third kappa shape index (κ3) is 31.1. The molecule has 2 rings (SSSR count). The summed E-state index contributed by atoms with van der Waals surface area (Å²) in [4.78, 5) is 230. The van der Waals surface area contributed by atoms with Gasteiger partial charge in [0.1, 0.15) is 72.6 Å². The quantitative estimate of drug-likeness (QED) is 0.0257. The molecule has 14 amide bonds. The molecule has 114 heavy (non-hydrogen) atoms. The number of likely N-dealkylation sites (N-methyl/N-ethyl adjacent to an activating group) is 1. The molecule has 2 fully saturated rings. The lowest BCUT2D eigenvalue weighted by molar-refractivity contribution is -0.168. The molecule has 0 aromatic rings. The lowest BCUT2D eigenvalue weighted by Crippen LogP contribution is -2.65. The number of rotatable bonds is 40. The monoisotopic (exact) mass is 1620 g/mol. The SMILES string of the molecule is CC[C@@H](C)C[C@@H](C)[C@@H](C)[C@@H](O)[C@@H](C)C(=O)N[C@H](CCCN)C(=O)N[C@@H](CCC(N)=O)[C@@H](O)[C@@H](O)C(=O)N[C@H](C(=O)N[C@H]1C(=O)N[C@H](CO)C(=O)N[C@H](CCCN)C(=O)N[C@@H](CC(C)C)C(=O)N(C)[C@@H](CCC(N)=O)C(=O)N[C@@H]([C@@H](C)OC)C(=O)N[C@H](CC(=O)O)C(=O)N2CCCC[C@H]2C(=O)O[C@@H]1[C@H](C)C(C)C)[C@@H](C)[C@@H](C)C(N)=O. The number of aliphatic hydroxyl groups is 4. The van der Waals surface area contributed by atoms with Gasteiger partial charge in [-0.2, -0.15) is 0 Å². The van der Waals surface area contributed by atoms with E-state index >= 15 is 19.2 Å². The minimum absolute atomic E-state index is 0.00736. The summed E-state index contributed by atoms with van der Waals surface area (Å²) in [5.74, 6) is -25.1. The second kappa shape index (κ2) is 49.2. The Morgan fingerprint density at radius 3 is 1.76 bits per heavy atom. The van der Waals surface area contributed by atoms with Crippen LogP contribution in [-0.2, 0) is 86.2 Å². The second-order valence-electron chi connectivity index (χ2n) is 31.5. The van der Waals surface area contributed by atoms with E-state index in [1.165, 1.54) is 34.6 Å². The highest BCUT2D eigenvalue weighted by molar-refractivity contribution is 6.00. The number of carbonyl (C=O) groups excluding carboxylic acids is 15. The van der Waals surface area contributed by atoms with Crippen molar-refractivity contribution in [1.29, 1.82) is 0 Å². The molecule has 0 radical (unpaired) electrons. The van der Waals surface area contributed by atoms with Crippen molar-refractivity contribution in [2.45, 2.75) is 283 Å². The van der Waals surface area contributed by atoms with Gasteiger partial charge < -0.3 is 121 Å². The van der Waals surface area contributed by atoms with Crippen LogP contribution in [0.5, 0.6) is 0 Å². The second-order valence-corrected chi connectivity index (χ2v) is 31.5. The van der Waals surface area contributed by atoms with Gasteiger partial charge >= 0.3 is 11.9 Å². The largest absolute Gasteiger partial charge is 0.481 e. The number of esters is 1. The molecular weight excluding hydrogens is 1490 g/mol. The average molecular weight is 1630 g/mol. The first-order chi connectivity index (χ1) is 53.3. The molecular formula is C75H132N16O23. The van der Waals surface area contributed by atoms with Crippen molar-refractivity contribution in [3.8, 4) is 0 Å². The van der Waals surface area contributed by atoms with Crippen LogP contribution in [-0.4, -0.2) is 267 Å². The summed E-state index contributed by atoms with van der Waals surface area (Å²) in [5, 5.41) is 78.6. The maximum Gasteiger partial charge on any atom is 0.329 e. The number of cyclic esters (lactones) is 1. The molecule has 0 spiro atoms. The van der Waals surface area contributed by atoms with Gasteiger partial charge in [0.25, 0.3) is 5.91 Å². The van der Waals surface area contributed by atoms with Crippen molar-refractivity contribution < 1.29 is 112 Å². The zero-order chi connectivity index (χ0) is 87.0.